The highest BCUT2D eigenvalue weighted by Gasteiger charge is 2.34. The maximum Gasteiger partial charge on any atom is 0.419 e. The van der Waals surface area contributed by atoms with Crippen molar-refractivity contribution in [3.05, 3.63) is 35.1 Å². The average molecular weight is 279 g/mol. The predicted molar refractivity (Wildman–Crippen MR) is 55.6 cm³/mol. The molecule has 1 rings (SSSR count). The number of halogens is 4. The van der Waals surface area contributed by atoms with Gasteiger partial charge in [0.05, 0.1) is 18.0 Å². The Kier molecular flexibility index (Phi) is 4.47. The van der Waals surface area contributed by atoms with Crippen LogP contribution in [0.15, 0.2) is 18.2 Å². The third-order valence-electron chi connectivity index (χ3n) is 2.35. The summed E-state index contributed by atoms with van der Waals surface area (Å²) >= 11 is 0. The van der Waals surface area contributed by atoms with Gasteiger partial charge in [-0.1, -0.05) is 6.07 Å². The first-order valence-electron chi connectivity index (χ1n) is 5.04. The van der Waals surface area contributed by atoms with Crippen molar-refractivity contribution in [2.24, 2.45) is 0 Å². The fourth-order valence-electron chi connectivity index (χ4n) is 1.51. The number of carboxylic acid groups (broad SMARTS) is 1. The number of nitrogens with one attached hydrogen (secondary N) is 1. The first-order valence-corrected chi connectivity index (χ1v) is 5.04. The molecule has 19 heavy (non-hydrogen) atoms. The molecule has 0 radical (unpaired) electrons. The number of rotatable bonds is 5. The normalized spacial score (nSPS) is 12.8. The molecule has 0 aliphatic rings. The van der Waals surface area contributed by atoms with E-state index in [4.69, 9.17) is 5.11 Å². The lowest BCUT2D eigenvalue weighted by Crippen LogP contribution is -2.23. The molecule has 4 nitrogen and oxygen atoms in total. The Hall–Kier alpha value is -2.12. The van der Waals surface area contributed by atoms with Crippen molar-refractivity contribution in [1.82, 2.24) is 5.32 Å². The summed E-state index contributed by atoms with van der Waals surface area (Å²) in [5.74, 6) is -2.77. The van der Waals surface area contributed by atoms with E-state index >= 15 is 0 Å². The molecule has 0 aliphatic heterocycles. The largest absolute Gasteiger partial charge is 0.481 e. The average Bonchev–Trinajstić information content (AvgIpc) is 2.27. The van der Waals surface area contributed by atoms with E-state index in [1.165, 1.54) is 0 Å². The van der Waals surface area contributed by atoms with Gasteiger partial charge < -0.3 is 10.4 Å². The summed E-state index contributed by atoms with van der Waals surface area (Å²) < 4.78 is 50.5. The molecule has 1 aromatic rings. The fourth-order valence-corrected chi connectivity index (χ4v) is 1.51. The third-order valence-corrected chi connectivity index (χ3v) is 2.35. The molecule has 0 saturated heterocycles. The summed E-state index contributed by atoms with van der Waals surface area (Å²) in [5, 5.41) is 10.7. The summed E-state index contributed by atoms with van der Waals surface area (Å²) in [5.41, 5.74) is -1.64. The van der Waals surface area contributed by atoms with Crippen molar-refractivity contribution in [2.45, 2.75) is 18.6 Å². The van der Waals surface area contributed by atoms with Gasteiger partial charge in [0.25, 0.3) is 0 Å². The van der Waals surface area contributed by atoms with Gasteiger partial charge in [-0.2, -0.15) is 13.2 Å². The highest BCUT2D eigenvalue weighted by atomic mass is 19.4. The Morgan fingerprint density at radius 2 is 2.05 bits per heavy atom. The molecule has 0 fully saturated rings. The monoisotopic (exact) mass is 279 g/mol. The van der Waals surface area contributed by atoms with Gasteiger partial charge in [-0.05, 0) is 17.7 Å². The van der Waals surface area contributed by atoms with E-state index in [2.05, 4.69) is 5.32 Å². The molecule has 0 aliphatic carbocycles. The zero-order valence-electron chi connectivity index (χ0n) is 9.37. The summed E-state index contributed by atoms with van der Waals surface area (Å²) in [6, 6.07) is 0.907. The number of carbonyl (C=O) groups is 2. The Bertz CT molecular complexity index is 487. The van der Waals surface area contributed by atoms with Gasteiger partial charge in [-0.15, -0.1) is 0 Å². The fraction of sp³-hybridized carbons (Fsp3) is 0.273. The molecule has 104 valence electrons. The van der Waals surface area contributed by atoms with Crippen molar-refractivity contribution in [2.75, 3.05) is 0 Å². The van der Waals surface area contributed by atoms with Crippen LogP contribution in [0, 0.1) is 5.82 Å². The highest BCUT2D eigenvalue weighted by Crippen LogP contribution is 2.33. The first kappa shape index (κ1) is 14.9. The summed E-state index contributed by atoms with van der Waals surface area (Å²) in [6.45, 7) is 0. The van der Waals surface area contributed by atoms with Crippen LogP contribution < -0.4 is 5.32 Å². The molecule has 1 aromatic carbocycles. The quantitative estimate of drug-likeness (QED) is 0.640. The van der Waals surface area contributed by atoms with Crippen molar-refractivity contribution in [3.8, 4) is 0 Å². The molecule has 0 saturated carbocycles. The molecule has 0 bridgehead atoms. The highest BCUT2D eigenvalue weighted by molar-refractivity contribution is 5.68. The molecular weight excluding hydrogens is 270 g/mol. The number of hydrogen-bond acceptors (Lipinski definition) is 2. The van der Waals surface area contributed by atoms with Crippen LogP contribution >= 0.6 is 0 Å². The van der Waals surface area contributed by atoms with Crippen LogP contribution in [0.3, 0.4) is 0 Å². The molecule has 0 heterocycles. The van der Waals surface area contributed by atoms with Gasteiger partial charge in [-0.3, -0.25) is 9.59 Å². The first-order chi connectivity index (χ1) is 8.75. The van der Waals surface area contributed by atoms with Crippen LogP contribution in [-0.2, 0) is 15.8 Å². The molecule has 8 heteroatoms. The van der Waals surface area contributed by atoms with Crippen LogP contribution in [0.4, 0.5) is 17.6 Å². The van der Waals surface area contributed by atoms with E-state index in [-0.39, 0.29) is 12.0 Å². The zero-order valence-corrected chi connectivity index (χ0v) is 9.37. The SMILES string of the molecule is O=CNC(CC(=O)O)c1ccc(F)c(C(F)(F)F)c1. The van der Waals surface area contributed by atoms with Gasteiger partial charge in [0.2, 0.25) is 6.41 Å². The second-order valence-corrected chi connectivity index (χ2v) is 3.67. The Morgan fingerprint density at radius 1 is 1.42 bits per heavy atom. The summed E-state index contributed by atoms with van der Waals surface area (Å²) in [6.07, 6.45) is -5.33. The number of carboxylic acids is 1. The Morgan fingerprint density at radius 3 is 2.53 bits per heavy atom. The van der Waals surface area contributed by atoms with E-state index in [1.807, 2.05) is 0 Å². The lowest BCUT2D eigenvalue weighted by molar-refractivity contribution is -0.140. The van der Waals surface area contributed by atoms with E-state index < -0.39 is 36.0 Å². The van der Waals surface area contributed by atoms with Crippen LogP contribution in [-0.4, -0.2) is 17.5 Å². The van der Waals surface area contributed by atoms with Crippen molar-refractivity contribution in [3.63, 3.8) is 0 Å². The maximum atomic E-state index is 13.1. The molecule has 1 unspecified atom stereocenters. The van der Waals surface area contributed by atoms with Gasteiger partial charge in [-0.25, -0.2) is 4.39 Å². The second-order valence-electron chi connectivity index (χ2n) is 3.67. The number of hydrogen-bond donors (Lipinski definition) is 2. The van der Waals surface area contributed by atoms with Crippen molar-refractivity contribution < 1.29 is 32.3 Å². The van der Waals surface area contributed by atoms with Crippen LogP contribution in [0.1, 0.15) is 23.6 Å². The number of aliphatic carboxylic acids is 1. The van der Waals surface area contributed by atoms with Crippen LogP contribution in [0.2, 0.25) is 0 Å². The Labute approximate surface area is 105 Å². The smallest absolute Gasteiger partial charge is 0.419 e. The molecule has 0 spiro atoms. The number of amides is 1. The topological polar surface area (TPSA) is 66.4 Å². The van der Waals surface area contributed by atoms with Crippen LogP contribution in [0.5, 0.6) is 0 Å². The second kappa shape index (κ2) is 5.68. The van der Waals surface area contributed by atoms with Gasteiger partial charge >= 0.3 is 12.1 Å². The van der Waals surface area contributed by atoms with Gasteiger partial charge in [0.15, 0.2) is 0 Å². The molecule has 0 aromatic heterocycles. The van der Waals surface area contributed by atoms with Crippen molar-refractivity contribution >= 4 is 12.4 Å². The summed E-state index contributed by atoms with van der Waals surface area (Å²) in [7, 11) is 0. The number of alkyl halides is 3. The standard InChI is InChI=1S/C11H9F4NO3/c12-8-2-1-6(3-7(8)11(13,14)15)9(16-5-17)4-10(18)19/h1-3,5,9H,4H2,(H,16,17)(H,18,19). The van der Waals surface area contributed by atoms with E-state index in [0.29, 0.717) is 12.1 Å². The number of carbonyl (C=O) groups excluding carboxylic acids is 1. The Balaban J connectivity index is 3.17. The van der Waals surface area contributed by atoms with Crippen molar-refractivity contribution in [1.29, 1.82) is 0 Å². The van der Waals surface area contributed by atoms with E-state index in [1.54, 1.807) is 0 Å². The molecular formula is C11H9F4NO3. The lowest BCUT2D eigenvalue weighted by atomic mass is 10.0. The van der Waals surface area contributed by atoms with Crippen LogP contribution in [0.25, 0.3) is 0 Å². The lowest BCUT2D eigenvalue weighted by Gasteiger charge is -2.16. The summed E-state index contributed by atoms with van der Waals surface area (Å²) in [4.78, 5) is 20.9. The predicted octanol–water partition coefficient (Wildman–Crippen LogP) is 2.11. The van der Waals surface area contributed by atoms with Gasteiger partial charge in [0.1, 0.15) is 5.82 Å². The minimum atomic E-state index is -4.89. The van der Waals surface area contributed by atoms with E-state index in [0.717, 1.165) is 6.07 Å². The minimum absolute atomic E-state index is 0.136. The van der Waals surface area contributed by atoms with E-state index in [9.17, 15) is 27.2 Å². The third kappa shape index (κ3) is 3.94. The molecule has 1 atom stereocenters. The molecule has 1 amide bonds. The van der Waals surface area contributed by atoms with Gasteiger partial charge in [0, 0.05) is 0 Å². The minimum Gasteiger partial charge on any atom is -0.481 e. The molecule has 2 N–H and O–H groups in total. The zero-order chi connectivity index (χ0) is 14.6. The maximum absolute atomic E-state index is 13.1. The number of benzene rings is 1.